The highest BCUT2D eigenvalue weighted by molar-refractivity contribution is 5.36. The summed E-state index contributed by atoms with van der Waals surface area (Å²) >= 11 is 0. The number of nitrogens with zero attached hydrogens (tertiary/aromatic N) is 1. The van der Waals surface area contributed by atoms with Crippen LogP contribution in [0.2, 0.25) is 0 Å². The van der Waals surface area contributed by atoms with Crippen molar-refractivity contribution >= 4 is 0 Å². The Morgan fingerprint density at radius 2 is 2.21 bits per heavy atom. The molecule has 1 aromatic rings. The lowest BCUT2D eigenvalue weighted by atomic mass is 9.95. The summed E-state index contributed by atoms with van der Waals surface area (Å²) < 4.78 is 0. The summed E-state index contributed by atoms with van der Waals surface area (Å²) in [5.41, 5.74) is 4.61. The quantitative estimate of drug-likeness (QED) is 0.691. The van der Waals surface area contributed by atoms with E-state index in [1.165, 1.54) is 31.5 Å². The average molecular weight is 189 g/mol. The minimum Gasteiger partial charge on any atom is -0.299 e. The maximum absolute atomic E-state index is 2.56. The zero-order valence-electron chi connectivity index (χ0n) is 9.21. The van der Waals surface area contributed by atoms with E-state index in [1.807, 2.05) is 0 Å². The van der Waals surface area contributed by atoms with Gasteiger partial charge in [0.1, 0.15) is 0 Å². The molecular weight excluding hydrogens is 170 g/mol. The smallest absolute Gasteiger partial charge is 0.0236 e. The van der Waals surface area contributed by atoms with Crippen molar-refractivity contribution in [2.45, 2.75) is 33.2 Å². The summed E-state index contributed by atoms with van der Waals surface area (Å²) in [6, 6.07) is 6.70. The van der Waals surface area contributed by atoms with Crippen molar-refractivity contribution in [2.75, 3.05) is 13.1 Å². The van der Waals surface area contributed by atoms with Crippen LogP contribution in [0, 0.1) is 6.92 Å². The number of aryl methyl sites for hydroxylation is 1. The summed E-state index contributed by atoms with van der Waals surface area (Å²) in [5, 5.41) is 0. The first kappa shape index (κ1) is 9.72. The molecule has 1 aromatic carbocycles. The van der Waals surface area contributed by atoms with Crippen LogP contribution in [0.5, 0.6) is 0 Å². The Kier molecular flexibility index (Phi) is 2.87. The first-order valence-electron chi connectivity index (χ1n) is 5.61. The van der Waals surface area contributed by atoms with Gasteiger partial charge < -0.3 is 0 Å². The molecule has 0 amide bonds. The molecule has 0 N–H and O–H groups in total. The highest BCUT2D eigenvalue weighted by Crippen LogP contribution is 2.21. The summed E-state index contributed by atoms with van der Waals surface area (Å²) in [6.45, 7) is 8.13. The monoisotopic (exact) mass is 189 g/mol. The molecule has 0 bridgehead atoms. The molecule has 2 rings (SSSR count). The van der Waals surface area contributed by atoms with Gasteiger partial charge in [-0.1, -0.05) is 25.1 Å². The summed E-state index contributed by atoms with van der Waals surface area (Å²) in [6.07, 6.45) is 2.50. The van der Waals surface area contributed by atoms with Crippen LogP contribution in [0.15, 0.2) is 18.2 Å². The molecule has 0 spiro atoms. The highest BCUT2D eigenvalue weighted by Gasteiger charge is 2.15. The minimum atomic E-state index is 1.16. The van der Waals surface area contributed by atoms with Gasteiger partial charge in [0.05, 0.1) is 0 Å². The molecule has 76 valence electrons. The van der Waals surface area contributed by atoms with Crippen LogP contribution in [0.1, 0.15) is 30.0 Å². The van der Waals surface area contributed by atoms with E-state index in [1.54, 1.807) is 11.1 Å². The van der Waals surface area contributed by atoms with E-state index in [0.29, 0.717) is 0 Å². The maximum Gasteiger partial charge on any atom is 0.0236 e. The van der Waals surface area contributed by atoms with E-state index in [2.05, 4.69) is 36.9 Å². The number of hydrogen-bond donors (Lipinski definition) is 0. The number of hydrogen-bond acceptors (Lipinski definition) is 1. The van der Waals surface area contributed by atoms with Crippen LogP contribution in [-0.4, -0.2) is 18.0 Å². The number of benzene rings is 1. The SMILES string of the molecule is CCCN1CCc2c(C)cccc2C1. The van der Waals surface area contributed by atoms with E-state index < -0.39 is 0 Å². The van der Waals surface area contributed by atoms with Gasteiger partial charge in [0.2, 0.25) is 0 Å². The molecule has 0 unspecified atom stereocenters. The second kappa shape index (κ2) is 4.14. The van der Waals surface area contributed by atoms with Crippen LogP contribution >= 0.6 is 0 Å². The van der Waals surface area contributed by atoms with Gasteiger partial charge in [-0.3, -0.25) is 4.90 Å². The summed E-state index contributed by atoms with van der Waals surface area (Å²) in [7, 11) is 0. The van der Waals surface area contributed by atoms with Gasteiger partial charge in [-0.25, -0.2) is 0 Å². The number of rotatable bonds is 2. The fourth-order valence-corrected chi connectivity index (χ4v) is 2.37. The van der Waals surface area contributed by atoms with Crippen molar-refractivity contribution in [2.24, 2.45) is 0 Å². The van der Waals surface area contributed by atoms with Crippen LogP contribution in [0.3, 0.4) is 0 Å². The predicted molar refractivity (Wildman–Crippen MR) is 60.5 cm³/mol. The molecule has 1 aliphatic rings. The van der Waals surface area contributed by atoms with Crippen LogP contribution in [0.4, 0.5) is 0 Å². The van der Waals surface area contributed by atoms with E-state index >= 15 is 0 Å². The van der Waals surface area contributed by atoms with Gasteiger partial charge >= 0.3 is 0 Å². The topological polar surface area (TPSA) is 3.24 Å². The Balaban J connectivity index is 2.18. The van der Waals surface area contributed by atoms with E-state index in [0.717, 1.165) is 6.54 Å². The minimum absolute atomic E-state index is 1.16. The Morgan fingerprint density at radius 1 is 1.36 bits per heavy atom. The van der Waals surface area contributed by atoms with Crippen LogP contribution in [-0.2, 0) is 13.0 Å². The number of fused-ring (bicyclic) bond motifs is 1. The van der Waals surface area contributed by atoms with Crippen molar-refractivity contribution in [3.05, 3.63) is 34.9 Å². The Labute approximate surface area is 86.7 Å². The van der Waals surface area contributed by atoms with Gasteiger partial charge in [-0.2, -0.15) is 0 Å². The third kappa shape index (κ3) is 1.83. The van der Waals surface area contributed by atoms with Gasteiger partial charge in [0.15, 0.2) is 0 Å². The first-order valence-corrected chi connectivity index (χ1v) is 5.61. The predicted octanol–water partition coefficient (Wildman–Crippen LogP) is 2.76. The molecule has 0 atom stereocenters. The molecule has 0 radical (unpaired) electrons. The second-order valence-corrected chi connectivity index (χ2v) is 4.24. The maximum atomic E-state index is 2.56. The normalized spacial score (nSPS) is 16.7. The van der Waals surface area contributed by atoms with Crippen LogP contribution < -0.4 is 0 Å². The lowest BCUT2D eigenvalue weighted by Crippen LogP contribution is -2.31. The molecule has 0 saturated carbocycles. The summed E-state index contributed by atoms with van der Waals surface area (Å²) in [5.74, 6) is 0. The fourth-order valence-electron chi connectivity index (χ4n) is 2.37. The Bertz CT molecular complexity index is 317. The van der Waals surface area contributed by atoms with Crippen LogP contribution in [0.25, 0.3) is 0 Å². The molecular formula is C13H19N. The van der Waals surface area contributed by atoms with Gasteiger partial charge in [-0.05, 0) is 43.0 Å². The standard InChI is InChI=1S/C13H19N/c1-3-8-14-9-7-13-11(2)5-4-6-12(13)10-14/h4-6H,3,7-10H2,1-2H3. The second-order valence-electron chi connectivity index (χ2n) is 4.24. The molecule has 1 heteroatoms. The van der Waals surface area contributed by atoms with Crippen molar-refractivity contribution in [3.8, 4) is 0 Å². The highest BCUT2D eigenvalue weighted by atomic mass is 15.1. The zero-order valence-corrected chi connectivity index (χ0v) is 9.21. The molecule has 0 aromatic heterocycles. The van der Waals surface area contributed by atoms with E-state index in [9.17, 15) is 0 Å². The molecule has 1 heterocycles. The average Bonchev–Trinajstić information content (AvgIpc) is 2.18. The molecule has 1 nitrogen and oxygen atoms in total. The molecule has 0 saturated heterocycles. The molecule has 0 aliphatic carbocycles. The van der Waals surface area contributed by atoms with Gasteiger partial charge in [0.25, 0.3) is 0 Å². The first-order chi connectivity index (χ1) is 6.81. The van der Waals surface area contributed by atoms with Crippen molar-refractivity contribution < 1.29 is 0 Å². The lowest BCUT2D eigenvalue weighted by Gasteiger charge is -2.29. The van der Waals surface area contributed by atoms with Gasteiger partial charge in [0, 0.05) is 13.1 Å². The van der Waals surface area contributed by atoms with Gasteiger partial charge in [-0.15, -0.1) is 0 Å². The van der Waals surface area contributed by atoms with E-state index in [-0.39, 0.29) is 0 Å². The lowest BCUT2D eigenvalue weighted by molar-refractivity contribution is 0.254. The Morgan fingerprint density at radius 3 is 3.00 bits per heavy atom. The summed E-state index contributed by atoms with van der Waals surface area (Å²) in [4.78, 5) is 2.56. The third-order valence-electron chi connectivity index (χ3n) is 3.12. The zero-order chi connectivity index (χ0) is 9.97. The molecule has 1 aliphatic heterocycles. The molecule has 14 heavy (non-hydrogen) atoms. The van der Waals surface area contributed by atoms with E-state index in [4.69, 9.17) is 0 Å². The largest absolute Gasteiger partial charge is 0.299 e. The molecule has 0 fully saturated rings. The van der Waals surface area contributed by atoms with Crippen molar-refractivity contribution in [1.29, 1.82) is 0 Å². The van der Waals surface area contributed by atoms with Crippen molar-refractivity contribution in [1.82, 2.24) is 4.90 Å². The Hall–Kier alpha value is -0.820. The third-order valence-corrected chi connectivity index (χ3v) is 3.12. The fraction of sp³-hybridized carbons (Fsp3) is 0.538. The van der Waals surface area contributed by atoms with Crippen molar-refractivity contribution in [3.63, 3.8) is 0 Å².